The lowest BCUT2D eigenvalue weighted by Crippen LogP contribution is -2.00. The molecule has 0 fully saturated rings. The van der Waals surface area contributed by atoms with E-state index in [1.54, 1.807) is 0 Å². The number of carbonyl (C=O) groups is 1. The molecule has 1 aromatic carbocycles. The maximum absolute atomic E-state index is 10.2. The van der Waals surface area contributed by atoms with E-state index >= 15 is 0 Å². The van der Waals surface area contributed by atoms with Crippen LogP contribution in [0.15, 0.2) is 18.2 Å². The van der Waals surface area contributed by atoms with Crippen molar-refractivity contribution in [3.05, 3.63) is 34.9 Å². The first-order valence-corrected chi connectivity index (χ1v) is 4.34. The number of aryl methyl sites for hydroxylation is 2. The summed E-state index contributed by atoms with van der Waals surface area (Å²) in [4.78, 5) is 10.2. The average Bonchev–Trinajstić information content (AvgIpc) is 2.09. The van der Waals surface area contributed by atoms with Crippen molar-refractivity contribution in [2.24, 2.45) is 0 Å². The maximum Gasteiger partial charge on any atom is 0.122 e. The molecule has 1 aromatic rings. The molecule has 0 aliphatic rings. The van der Waals surface area contributed by atoms with Crippen molar-refractivity contribution in [2.75, 3.05) is 0 Å². The number of hydrogen-bond donors (Lipinski definition) is 1. The molecule has 0 saturated carbocycles. The van der Waals surface area contributed by atoms with E-state index in [0.717, 1.165) is 23.0 Å². The second-order valence-corrected chi connectivity index (χ2v) is 3.28. The quantitative estimate of drug-likeness (QED) is 0.718. The fourth-order valence-corrected chi connectivity index (χ4v) is 1.34. The molecule has 0 aliphatic carbocycles. The number of aliphatic hydroxyl groups is 1. The summed E-state index contributed by atoms with van der Waals surface area (Å²) in [6, 6.07) is 5.87. The lowest BCUT2D eigenvalue weighted by molar-refractivity contribution is -0.109. The maximum atomic E-state index is 10.2. The molecule has 0 aliphatic heterocycles. The van der Waals surface area contributed by atoms with Crippen molar-refractivity contribution >= 4 is 6.29 Å². The summed E-state index contributed by atoms with van der Waals surface area (Å²) >= 11 is 0. The van der Waals surface area contributed by atoms with E-state index in [0.29, 0.717) is 0 Å². The zero-order chi connectivity index (χ0) is 9.84. The number of rotatable bonds is 3. The molecule has 1 rings (SSSR count). The van der Waals surface area contributed by atoms with E-state index in [1.165, 1.54) is 0 Å². The fraction of sp³-hybridized carbons (Fsp3) is 0.364. The average molecular weight is 178 g/mol. The number of aldehydes is 1. The smallest absolute Gasteiger partial charge is 0.122 e. The van der Waals surface area contributed by atoms with Gasteiger partial charge in [-0.05, 0) is 25.0 Å². The molecule has 70 valence electrons. The minimum Gasteiger partial charge on any atom is -0.388 e. The Morgan fingerprint density at radius 2 is 2.15 bits per heavy atom. The van der Waals surface area contributed by atoms with Crippen LogP contribution < -0.4 is 0 Å². The Bertz CT molecular complexity index is 305. The lowest BCUT2D eigenvalue weighted by atomic mass is 9.99. The van der Waals surface area contributed by atoms with E-state index < -0.39 is 6.10 Å². The fourth-order valence-electron chi connectivity index (χ4n) is 1.34. The zero-order valence-corrected chi connectivity index (χ0v) is 7.95. The third kappa shape index (κ3) is 2.39. The molecule has 0 bridgehead atoms. The van der Waals surface area contributed by atoms with E-state index in [-0.39, 0.29) is 6.42 Å². The molecule has 13 heavy (non-hydrogen) atoms. The number of carbonyl (C=O) groups excluding carboxylic acids is 1. The zero-order valence-electron chi connectivity index (χ0n) is 7.95. The molecule has 2 heteroatoms. The van der Waals surface area contributed by atoms with Gasteiger partial charge in [0.1, 0.15) is 6.29 Å². The molecule has 2 nitrogen and oxygen atoms in total. The number of hydrogen-bond acceptors (Lipinski definition) is 2. The first kappa shape index (κ1) is 9.93. The summed E-state index contributed by atoms with van der Waals surface area (Å²) in [5.74, 6) is 0. The minimum atomic E-state index is -0.655. The topological polar surface area (TPSA) is 37.3 Å². The van der Waals surface area contributed by atoms with E-state index in [1.807, 2.05) is 32.0 Å². The van der Waals surface area contributed by atoms with Gasteiger partial charge in [0.25, 0.3) is 0 Å². The predicted molar refractivity (Wildman–Crippen MR) is 51.6 cm³/mol. The van der Waals surface area contributed by atoms with Crippen LogP contribution in [-0.4, -0.2) is 11.4 Å². The first-order chi connectivity index (χ1) is 6.15. The van der Waals surface area contributed by atoms with Gasteiger partial charge >= 0.3 is 0 Å². The Hall–Kier alpha value is -1.15. The van der Waals surface area contributed by atoms with E-state index in [9.17, 15) is 9.90 Å². The van der Waals surface area contributed by atoms with Gasteiger partial charge in [-0.15, -0.1) is 0 Å². The van der Waals surface area contributed by atoms with Crippen molar-refractivity contribution in [1.29, 1.82) is 0 Å². The van der Waals surface area contributed by atoms with Gasteiger partial charge in [-0.3, -0.25) is 0 Å². The van der Waals surface area contributed by atoms with Crippen LogP contribution in [0, 0.1) is 13.8 Å². The van der Waals surface area contributed by atoms with Crippen molar-refractivity contribution in [3.63, 3.8) is 0 Å². The molecule has 0 amide bonds. The summed E-state index contributed by atoms with van der Waals surface area (Å²) in [6.07, 6.45) is 0.258. The summed E-state index contributed by atoms with van der Waals surface area (Å²) < 4.78 is 0. The highest BCUT2D eigenvalue weighted by Crippen LogP contribution is 2.20. The molecule has 0 spiro atoms. The van der Waals surface area contributed by atoms with Crippen molar-refractivity contribution < 1.29 is 9.90 Å². The third-order valence-electron chi connectivity index (χ3n) is 2.11. The van der Waals surface area contributed by atoms with Crippen molar-refractivity contribution in [2.45, 2.75) is 26.4 Å². The van der Waals surface area contributed by atoms with Crippen LogP contribution in [0.4, 0.5) is 0 Å². The number of aliphatic hydroxyl groups excluding tert-OH is 1. The van der Waals surface area contributed by atoms with E-state index in [2.05, 4.69) is 0 Å². The molecular formula is C11H14O2. The molecule has 1 unspecified atom stereocenters. The molecule has 0 heterocycles. The monoisotopic (exact) mass is 178 g/mol. The summed E-state index contributed by atoms with van der Waals surface area (Å²) in [5, 5.41) is 9.59. The summed E-state index contributed by atoms with van der Waals surface area (Å²) in [5.41, 5.74) is 2.98. The van der Waals surface area contributed by atoms with Crippen LogP contribution in [0.5, 0.6) is 0 Å². The SMILES string of the molecule is Cc1ccc(C)c(C(O)CC=O)c1. The van der Waals surface area contributed by atoms with Gasteiger partial charge in [0, 0.05) is 6.42 Å². The largest absolute Gasteiger partial charge is 0.388 e. The Labute approximate surface area is 78.2 Å². The summed E-state index contributed by atoms with van der Waals surface area (Å²) in [6.45, 7) is 3.90. The predicted octanol–water partition coefficient (Wildman–Crippen LogP) is 1.93. The molecule has 1 N–H and O–H groups in total. The van der Waals surface area contributed by atoms with E-state index in [4.69, 9.17) is 0 Å². The van der Waals surface area contributed by atoms with Crippen LogP contribution in [0.25, 0.3) is 0 Å². The Balaban J connectivity index is 2.97. The highest BCUT2D eigenvalue weighted by Gasteiger charge is 2.09. The molecule has 0 radical (unpaired) electrons. The Morgan fingerprint density at radius 3 is 2.77 bits per heavy atom. The van der Waals surface area contributed by atoms with Crippen LogP contribution in [0.2, 0.25) is 0 Å². The van der Waals surface area contributed by atoms with Gasteiger partial charge < -0.3 is 9.90 Å². The lowest BCUT2D eigenvalue weighted by Gasteiger charge is -2.11. The van der Waals surface area contributed by atoms with Crippen molar-refractivity contribution in [3.8, 4) is 0 Å². The highest BCUT2D eigenvalue weighted by molar-refractivity contribution is 5.51. The molecular weight excluding hydrogens is 164 g/mol. The van der Waals surface area contributed by atoms with Gasteiger partial charge in [-0.1, -0.05) is 23.8 Å². The van der Waals surface area contributed by atoms with Crippen LogP contribution >= 0.6 is 0 Å². The van der Waals surface area contributed by atoms with Gasteiger partial charge in [-0.25, -0.2) is 0 Å². The molecule has 0 saturated heterocycles. The Kier molecular flexibility index (Phi) is 3.20. The van der Waals surface area contributed by atoms with Crippen molar-refractivity contribution in [1.82, 2.24) is 0 Å². The normalized spacial score (nSPS) is 12.5. The van der Waals surface area contributed by atoms with Crippen LogP contribution in [-0.2, 0) is 4.79 Å². The Morgan fingerprint density at radius 1 is 1.46 bits per heavy atom. The molecule has 1 atom stereocenters. The molecule has 0 aromatic heterocycles. The second kappa shape index (κ2) is 4.19. The standard InChI is InChI=1S/C11H14O2/c1-8-3-4-9(2)10(7-8)11(13)5-6-12/h3-4,6-7,11,13H,5H2,1-2H3. The first-order valence-electron chi connectivity index (χ1n) is 4.34. The van der Waals surface area contributed by atoms with Gasteiger partial charge in [0.2, 0.25) is 0 Å². The minimum absolute atomic E-state index is 0.171. The van der Waals surface area contributed by atoms with Gasteiger partial charge in [0.15, 0.2) is 0 Å². The second-order valence-electron chi connectivity index (χ2n) is 3.28. The van der Waals surface area contributed by atoms with Crippen LogP contribution in [0.1, 0.15) is 29.2 Å². The highest BCUT2D eigenvalue weighted by atomic mass is 16.3. The third-order valence-corrected chi connectivity index (χ3v) is 2.11. The van der Waals surface area contributed by atoms with Crippen LogP contribution in [0.3, 0.4) is 0 Å². The number of benzene rings is 1. The van der Waals surface area contributed by atoms with Gasteiger partial charge in [0.05, 0.1) is 6.10 Å². The summed E-state index contributed by atoms with van der Waals surface area (Å²) in [7, 11) is 0. The van der Waals surface area contributed by atoms with Gasteiger partial charge in [-0.2, -0.15) is 0 Å².